The molecular formula is C13H14FNO3S. The van der Waals surface area contributed by atoms with Crippen molar-refractivity contribution in [3.05, 3.63) is 35.1 Å². The number of ether oxygens (including phenoxy) is 1. The van der Waals surface area contributed by atoms with Gasteiger partial charge in [0, 0.05) is 22.3 Å². The molecule has 4 nitrogen and oxygen atoms in total. The van der Waals surface area contributed by atoms with E-state index in [1.165, 1.54) is 25.3 Å². The van der Waals surface area contributed by atoms with Crippen LogP contribution in [0.15, 0.2) is 18.2 Å². The lowest BCUT2D eigenvalue weighted by atomic mass is 10.1. The molecule has 1 rings (SSSR count). The van der Waals surface area contributed by atoms with Crippen molar-refractivity contribution in [1.29, 1.82) is 5.26 Å². The van der Waals surface area contributed by atoms with Gasteiger partial charge < -0.3 is 4.74 Å². The number of hydrogen-bond acceptors (Lipinski definition) is 4. The van der Waals surface area contributed by atoms with Gasteiger partial charge in [0.15, 0.2) is 0 Å². The van der Waals surface area contributed by atoms with Gasteiger partial charge in [-0.3, -0.25) is 9.00 Å². The van der Waals surface area contributed by atoms with Gasteiger partial charge in [0.05, 0.1) is 24.7 Å². The van der Waals surface area contributed by atoms with E-state index in [-0.39, 0.29) is 11.5 Å². The second-order valence-electron chi connectivity index (χ2n) is 4.09. The van der Waals surface area contributed by atoms with Crippen molar-refractivity contribution < 1.29 is 18.1 Å². The monoisotopic (exact) mass is 283 g/mol. The first-order chi connectivity index (χ1) is 8.97. The molecule has 0 aliphatic carbocycles. The molecular weight excluding hydrogens is 269 g/mol. The first kappa shape index (κ1) is 15.3. The van der Waals surface area contributed by atoms with E-state index in [1.807, 2.05) is 6.07 Å². The Morgan fingerprint density at radius 2 is 2.26 bits per heavy atom. The number of nitrogens with zero attached hydrogens (tertiary/aromatic N) is 1. The Hall–Kier alpha value is -1.74. The van der Waals surface area contributed by atoms with Gasteiger partial charge in [-0.1, -0.05) is 6.92 Å². The van der Waals surface area contributed by atoms with E-state index < -0.39 is 28.5 Å². The number of methoxy groups -OCH3 is 1. The second-order valence-corrected chi connectivity index (χ2v) is 5.59. The Morgan fingerprint density at radius 1 is 1.58 bits per heavy atom. The number of hydrogen-bond donors (Lipinski definition) is 0. The molecule has 19 heavy (non-hydrogen) atoms. The van der Waals surface area contributed by atoms with Gasteiger partial charge in [-0.05, 0) is 23.8 Å². The highest BCUT2D eigenvalue weighted by molar-refractivity contribution is 7.84. The largest absolute Gasteiger partial charge is 0.469 e. The number of benzene rings is 1. The highest BCUT2D eigenvalue weighted by atomic mass is 32.2. The first-order valence-electron chi connectivity index (χ1n) is 5.59. The average molecular weight is 283 g/mol. The van der Waals surface area contributed by atoms with Crippen LogP contribution in [-0.4, -0.2) is 23.0 Å². The third-order valence-corrected chi connectivity index (χ3v) is 4.05. The van der Waals surface area contributed by atoms with E-state index in [9.17, 15) is 13.4 Å². The highest BCUT2D eigenvalue weighted by Crippen LogP contribution is 2.14. The van der Waals surface area contributed by atoms with Crippen LogP contribution < -0.4 is 0 Å². The van der Waals surface area contributed by atoms with Crippen molar-refractivity contribution in [3.63, 3.8) is 0 Å². The third-order valence-electron chi connectivity index (χ3n) is 2.54. The van der Waals surface area contributed by atoms with Crippen LogP contribution in [0.2, 0.25) is 0 Å². The predicted octanol–water partition coefficient (Wildman–Crippen LogP) is 1.76. The van der Waals surface area contributed by atoms with E-state index >= 15 is 0 Å². The topological polar surface area (TPSA) is 67.2 Å². The Balaban J connectivity index is 2.75. The molecule has 0 radical (unpaired) electrons. The quantitative estimate of drug-likeness (QED) is 0.772. The number of carbonyl (C=O) groups excluding carboxylic acids is 1. The van der Waals surface area contributed by atoms with Crippen LogP contribution in [0.5, 0.6) is 0 Å². The molecule has 2 atom stereocenters. The maximum Gasteiger partial charge on any atom is 0.309 e. The third kappa shape index (κ3) is 4.45. The molecule has 1 aromatic rings. The van der Waals surface area contributed by atoms with Crippen molar-refractivity contribution in [1.82, 2.24) is 0 Å². The van der Waals surface area contributed by atoms with Crippen LogP contribution in [0.25, 0.3) is 0 Å². The Labute approximate surface area is 113 Å². The molecule has 102 valence electrons. The molecule has 0 heterocycles. The molecule has 0 fully saturated rings. The second kappa shape index (κ2) is 7.00. The molecule has 0 aliphatic rings. The summed E-state index contributed by atoms with van der Waals surface area (Å²) in [6.45, 7) is 1.61. The molecule has 2 unspecified atom stereocenters. The zero-order chi connectivity index (χ0) is 14.4. The Bertz CT molecular complexity index is 539. The summed E-state index contributed by atoms with van der Waals surface area (Å²) >= 11 is 0. The number of halogens is 1. The van der Waals surface area contributed by atoms with E-state index in [0.717, 1.165) is 0 Å². The Kier molecular flexibility index (Phi) is 5.64. The molecule has 1 aromatic carbocycles. The average Bonchev–Trinajstić information content (AvgIpc) is 2.37. The number of carbonyl (C=O) groups is 1. The van der Waals surface area contributed by atoms with E-state index in [1.54, 1.807) is 6.92 Å². The zero-order valence-electron chi connectivity index (χ0n) is 10.7. The van der Waals surface area contributed by atoms with Crippen LogP contribution in [0.1, 0.15) is 18.1 Å². The van der Waals surface area contributed by atoms with E-state index in [0.29, 0.717) is 11.1 Å². The number of rotatable bonds is 5. The molecule has 0 aliphatic heterocycles. The van der Waals surface area contributed by atoms with Gasteiger partial charge in [0.25, 0.3) is 0 Å². The van der Waals surface area contributed by atoms with Gasteiger partial charge in [-0.25, -0.2) is 4.39 Å². The fourth-order valence-corrected chi connectivity index (χ4v) is 2.97. The fourth-order valence-electron chi connectivity index (χ4n) is 1.57. The number of esters is 1. The minimum absolute atomic E-state index is 0.0436. The summed E-state index contributed by atoms with van der Waals surface area (Å²) in [5.41, 5.74) is 0.679. The van der Waals surface area contributed by atoms with E-state index in [2.05, 4.69) is 4.74 Å². The summed E-state index contributed by atoms with van der Waals surface area (Å²) in [6.07, 6.45) is 0. The fraction of sp³-hybridized carbons (Fsp3) is 0.385. The summed E-state index contributed by atoms with van der Waals surface area (Å²) in [6, 6.07) is 5.65. The van der Waals surface area contributed by atoms with Crippen molar-refractivity contribution >= 4 is 16.8 Å². The maximum atomic E-state index is 13.1. The summed E-state index contributed by atoms with van der Waals surface area (Å²) in [5, 5.41) is 8.88. The first-order valence-corrected chi connectivity index (χ1v) is 7.08. The summed E-state index contributed by atoms with van der Waals surface area (Å²) in [7, 11) is -0.0961. The molecule has 6 heteroatoms. The smallest absolute Gasteiger partial charge is 0.309 e. The van der Waals surface area contributed by atoms with Crippen molar-refractivity contribution in [2.24, 2.45) is 5.92 Å². The maximum absolute atomic E-state index is 13.1. The SMILES string of the molecule is COC(=O)C(C)CS(=O)Cc1cc(F)ccc1C#N. The van der Waals surface area contributed by atoms with Gasteiger partial charge in [-0.2, -0.15) is 5.26 Å². The van der Waals surface area contributed by atoms with Crippen LogP contribution in [0.4, 0.5) is 4.39 Å². The van der Waals surface area contributed by atoms with Crippen molar-refractivity contribution in [3.8, 4) is 6.07 Å². The van der Waals surface area contributed by atoms with Crippen molar-refractivity contribution in [2.45, 2.75) is 12.7 Å². The minimum Gasteiger partial charge on any atom is -0.469 e. The summed E-state index contributed by atoms with van der Waals surface area (Å²) in [4.78, 5) is 11.2. The van der Waals surface area contributed by atoms with Crippen LogP contribution in [0.3, 0.4) is 0 Å². The minimum atomic E-state index is -1.36. The normalized spacial score (nSPS) is 13.4. The van der Waals surface area contributed by atoms with Crippen LogP contribution >= 0.6 is 0 Å². The molecule has 0 amide bonds. The molecule has 0 bridgehead atoms. The van der Waals surface area contributed by atoms with Gasteiger partial charge in [0.1, 0.15) is 5.82 Å². The summed E-state index contributed by atoms with van der Waals surface area (Å²) < 4.78 is 29.5. The Morgan fingerprint density at radius 3 is 2.84 bits per heavy atom. The van der Waals surface area contributed by atoms with Crippen molar-refractivity contribution in [2.75, 3.05) is 12.9 Å². The predicted molar refractivity (Wildman–Crippen MR) is 69.0 cm³/mol. The molecule has 0 saturated carbocycles. The standard InChI is InChI=1S/C13H14FNO3S/c1-9(13(16)18-2)7-19(17)8-11-5-12(14)4-3-10(11)6-15/h3-5,9H,7-8H2,1-2H3. The van der Waals surface area contributed by atoms with Crippen LogP contribution in [-0.2, 0) is 26.1 Å². The summed E-state index contributed by atoms with van der Waals surface area (Å²) in [5.74, 6) is -1.25. The van der Waals surface area contributed by atoms with Gasteiger partial charge in [-0.15, -0.1) is 0 Å². The molecule has 0 saturated heterocycles. The lowest BCUT2D eigenvalue weighted by Gasteiger charge is -2.09. The highest BCUT2D eigenvalue weighted by Gasteiger charge is 2.17. The molecule has 0 N–H and O–H groups in total. The van der Waals surface area contributed by atoms with E-state index in [4.69, 9.17) is 5.26 Å². The lowest BCUT2D eigenvalue weighted by Crippen LogP contribution is -2.20. The lowest BCUT2D eigenvalue weighted by molar-refractivity contribution is -0.144. The van der Waals surface area contributed by atoms with Gasteiger partial charge >= 0.3 is 5.97 Å². The molecule has 0 aromatic heterocycles. The van der Waals surface area contributed by atoms with Crippen LogP contribution in [0, 0.1) is 23.1 Å². The number of nitriles is 1. The zero-order valence-corrected chi connectivity index (χ0v) is 11.5. The van der Waals surface area contributed by atoms with Gasteiger partial charge in [0.2, 0.25) is 0 Å². The molecule has 0 spiro atoms.